The molecule has 0 atom stereocenters. The molecular formula is C29H24ClN5O6. The molecule has 4 rings (SSSR count). The Hall–Kier alpha value is -5.10. The molecule has 0 radical (unpaired) electrons. The highest BCUT2D eigenvalue weighted by atomic mass is 35.5. The molecular weight excluding hydrogens is 550 g/mol. The number of aromatic nitrogens is 2. The minimum atomic E-state index is -0.540. The van der Waals surface area contributed by atoms with Gasteiger partial charge in [0.1, 0.15) is 54.9 Å². The number of methoxy groups -OCH3 is 1. The number of ether oxygens (including phenoxy) is 3. The molecule has 11 nitrogen and oxygen atoms in total. The highest BCUT2D eigenvalue weighted by Crippen LogP contribution is 2.44. The smallest absolute Gasteiger partial charge is 0.325 e. The van der Waals surface area contributed by atoms with Gasteiger partial charge in [-0.3, -0.25) is 4.79 Å². The number of pyridine rings is 1. The van der Waals surface area contributed by atoms with Crippen LogP contribution in [0.1, 0.15) is 11.3 Å². The topological polar surface area (TPSA) is 135 Å². The predicted octanol–water partition coefficient (Wildman–Crippen LogP) is 5.04. The van der Waals surface area contributed by atoms with Crippen LogP contribution < -0.4 is 14.4 Å². The number of likely N-dealkylation sites (N-methyl/N-ethyl adjacent to an activating group) is 1. The number of hydrogen-bond acceptors (Lipinski definition) is 10. The van der Waals surface area contributed by atoms with E-state index >= 15 is 0 Å². The van der Waals surface area contributed by atoms with Gasteiger partial charge < -0.3 is 28.6 Å². The summed E-state index contributed by atoms with van der Waals surface area (Å²) >= 11 is 5.96. The van der Waals surface area contributed by atoms with Gasteiger partial charge in [-0.1, -0.05) is 23.7 Å². The molecule has 2 aromatic heterocycles. The first-order chi connectivity index (χ1) is 19.9. The van der Waals surface area contributed by atoms with Crippen LogP contribution in [0.3, 0.4) is 0 Å². The number of aliphatic hydroxyl groups is 1. The van der Waals surface area contributed by atoms with Crippen LogP contribution in [0.2, 0.25) is 5.02 Å². The second-order valence-electron chi connectivity index (χ2n) is 8.53. The maximum absolute atomic E-state index is 12.0. The van der Waals surface area contributed by atoms with Crippen molar-refractivity contribution in [3.8, 4) is 40.3 Å². The largest absolute Gasteiger partial charge is 0.491 e. The summed E-state index contributed by atoms with van der Waals surface area (Å²) in [6.07, 6.45) is 1.43. The first-order valence-electron chi connectivity index (χ1n) is 12.2. The van der Waals surface area contributed by atoms with Crippen molar-refractivity contribution in [3.63, 3.8) is 0 Å². The number of anilines is 1. The van der Waals surface area contributed by atoms with Gasteiger partial charge in [0.25, 0.3) is 0 Å². The van der Waals surface area contributed by atoms with Crippen LogP contribution in [0, 0.1) is 17.9 Å². The fourth-order valence-electron chi connectivity index (χ4n) is 3.86. The van der Waals surface area contributed by atoms with Crippen molar-refractivity contribution in [2.24, 2.45) is 0 Å². The zero-order valence-corrected chi connectivity index (χ0v) is 22.9. The lowest BCUT2D eigenvalue weighted by molar-refractivity contribution is -0.138. The molecule has 0 saturated carbocycles. The third kappa shape index (κ3) is 6.73. The molecule has 0 aliphatic carbocycles. The van der Waals surface area contributed by atoms with E-state index in [4.69, 9.17) is 41.9 Å². The fourth-order valence-corrected chi connectivity index (χ4v) is 3.98. The number of oxazole rings is 1. The molecule has 0 spiro atoms. The fraction of sp³-hybridized carbons (Fsp3) is 0.207. The minimum absolute atomic E-state index is 0.0247. The third-order valence-electron chi connectivity index (χ3n) is 5.80. The Bertz CT molecular complexity index is 1610. The van der Waals surface area contributed by atoms with Gasteiger partial charge in [0.2, 0.25) is 17.5 Å². The second-order valence-corrected chi connectivity index (χ2v) is 8.97. The van der Waals surface area contributed by atoms with E-state index in [0.717, 1.165) is 5.56 Å². The number of nitriles is 1. The van der Waals surface area contributed by atoms with Gasteiger partial charge in [-0.25, -0.2) is 14.8 Å². The summed E-state index contributed by atoms with van der Waals surface area (Å²) in [6, 6.07) is 15.8. The average Bonchev–Trinajstić information content (AvgIpc) is 3.47. The molecule has 0 aliphatic rings. The van der Waals surface area contributed by atoms with Gasteiger partial charge in [-0.15, -0.1) is 0 Å². The van der Waals surface area contributed by atoms with Crippen molar-refractivity contribution in [1.82, 2.24) is 9.97 Å². The minimum Gasteiger partial charge on any atom is -0.491 e. The first kappa shape index (κ1) is 28.9. The Labute approximate surface area is 240 Å². The number of aliphatic hydroxyl groups excluding tert-OH is 1. The number of halogens is 1. The molecule has 2 heterocycles. The SMILES string of the molecule is [C-]#[N+]c1c(N(C)CC(=O)OC)nc(OCc2coc(-c3ccc(Cl)cc3)n2)c(C#N)c1-c1ccc(OCCO)cc1. The van der Waals surface area contributed by atoms with E-state index in [2.05, 4.69) is 20.9 Å². The maximum atomic E-state index is 12.0. The zero-order chi connectivity index (χ0) is 29.4. The number of nitrogens with zero attached hydrogens (tertiary/aromatic N) is 5. The zero-order valence-electron chi connectivity index (χ0n) is 22.1. The van der Waals surface area contributed by atoms with Gasteiger partial charge in [-0.2, -0.15) is 5.26 Å². The molecule has 4 aromatic rings. The second kappa shape index (κ2) is 13.3. The summed E-state index contributed by atoms with van der Waals surface area (Å²) < 4.78 is 21.8. The summed E-state index contributed by atoms with van der Waals surface area (Å²) in [6.45, 7) is 7.60. The average molecular weight is 574 g/mol. The van der Waals surface area contributed by atoms with Crippen molar-refractivity contribution >= 4 is 29.1 Å². The van der Waals surface area contributed by atoms with E-state index in [-0.39, 0.29) is 54.9 Å². The van der Waals surface area contributed by atoms with Gasteiger partial charge in [0.05, 0.1) is 20.3 Å². The highest BCUT2D eigenvalue weighted by Gasteiger charge is 2.26. The molecule has 12 heteroatoms. The number of hydrogen-bond donors (Lipinski definition) is 1. The number of carbonyl (C=O) groups excluding carboxylic acids is 1. The van der Waals surface area contributed by atoms with Gasteiger partial charge in [-0.05, 0) is 42.0 Å². The Morgan fingerprint density at radius 3 is 2.49 bits per heavy atom. The molecule has 2 aromatic carbocycles. The molecule has 0 amide bonds. The molecule has 0 bridgehead atoms. The lowest BCUT2D eigenvalue weighted by atomic mass is 9.99. The number of carbonyl (C=O) groups is 1. The Kier molecular flexibility index (Phi) is 9.38. The Balaban J connectivity index is 1.74. The molecule has 41 heavy (non-hydrogen) atoms. The summed E-state index contributed by atoms with van der Waals surface area (Å²) in [5, 5.41) is 19.8. The predicted molar refractivity (Wildman–Crippen MR) is 150 cm³/mol. The van der Waals surface area contributed by atoms with Crippen LogP contribution in [0.4, 0.5) is 11.5 Å². The normalized spacial score (nSPS) is 10.4. The van der Waals surface area contributed by atoms with E-state index in [9.17, 15) is 10.1 Å². The summed E-state index contributed by atoms with van der Waals surface area (Å²) in [5.74, 6) is 0.387. The number of rotatable bonds is 11. The summed E-state index contributed by atoms with van der Waals surface area (Å²) in [7, 11) is 2.84. The van der Waals surface area contributed by atoms with E-state index in [0.29, 0.717) is 27.9 Å². The summed E-state index contributed by atoms with van der Waals surface area (Å²) in [5.41, 5.74) is 2.03. The molecule has 0 fully saturated rings. The van der Waals surface area contributed by atoms with Crippen LogP contribution >= 0.6 is 11.6 Å². The lowest BCUT2D eigenvalue weighted by Gasteiger charge is -2.22. The van der Waals surface area contributed by atoms with Crippen LogP contribution in [0.25, 0.3) is 27.4 Å². The van der Waals surface area contributed by atoms with E-state index in [1.807, 2.05) is 0 Å². The lowest BCUT2D eigenvalue weighted by Crippen LogP contribution is -2.27. The van der Waals surface area contributed by atoms with Crippen LogP contribution in [0.5, 0.6) is 11.6 Å². The molecule has 1 N–H and O–H groups in total. The van der Waals surface area contributed by atoms with Crippen LogP contribution in [-0.4, -0.2) is 55.0 Å². The standard InChI is InChI=1S/C29H24ClN5O6/c1-32-26-25(18-6-10-22(11-7-18)39-13-12-36)23(14-31)29(34-27(26)35(2)15-24(37)38-3)41-17-21-16-40-28(33-21)19-4-8-20(30)9-5-19/h4-11,16,36H,12-13,15,17H2,2-3H3. The number of esters is 1. The van der Waals surface area contributed by atoms with Crippen molar-refractivity contribution in [1.29, 1.82) is 5.26 Å². The van der Waals surface area contributed by atoms with E-state index in [1.165, 1.54) is 18.3 Å². The highest BCUT2D eigenvalue weighted by molar-refractivity contribution is 6.30. The quantitative estimate of drug-likeness (QED) is 0.192. The third-order valence-corrected chi connectivity index (χ3v) is 6.05. The van der Waals surface area contributed by atoms with Gasteiger partial charge in [0, 0.05) is 23.2 Å². The maximum Gasteiger partial charge on any atom is 0.325 e. The monoisotopic (exact) mass is 573 g/mol. The van der Waals surface area contributed by atoms with Crippen molar-refractivity contribution in [2.75, 3.05) is 38.8 Å². The molecule has 0 unspecified atom stereocenters. The van der Waals surface area contributed by atoms with Crippen LogP contribution in [0.15, 0.2) is 59.2 Å². The molecule has 0 saturated heterocycles. The number of benzene rings is 2. The Morgan fingerprint density at radius 1 is 1.15 bits per heavy atom. The summed E-state index contributed by atoms with van der Waals surface area (Å²) in [4.78, 5) is 26.0. The first-order valence-corrected chi connectivity index (χ1v) is 12.6. The van der Waals surface area contributed by atoms with Gasteiger partial charge >= 0.3 is 5.97 Å². The van der Waals surface area contributed by atoms with Crippen LogP contribution in [-0.2, 0) is 16.1 Å². The Morgan fingerprint density at radius 2 is 1.85 bits per heavy atom. The van der Waals surface area contributed by atoms with E-state index < -0.39 is 5.97 Å². The molecule has 0 aliphatic heterocycles. The van der Waals surface area contributed by atoms with Crippen molar-refractivity contribution in [2.45, 2.75) is 6.61 Å². The van der Waals surface area contributed by atoms with E-state index in [1.54, 1.807) is 55.6 Å². The molecule has 208 valence electrons. The van der Waals surface area contributed by atoms with Crippen molar-refractivity contribution < 1.29 is 28.5 Å². The van der Waals surface area contributed by atoms with Gasteiger partial charge in [0.15, 0.2) is 0 Å². The van der Waals surface area contributed by atoms with Crippen molar-refractivity contribution in [3.05, 3.63) is 82.5 Å².